The zero-order valence-corrected chi connectivity index (χ0v) is 52.9. The lowest BCUT2D eigenvalue weighted by atomic mass is 9.91. The average molecular weight is 1210 g/mol. The Balaban J connectivity index is 0.000000241. The number of carbonyl (C=O) groups excluding carboxylic acids is 2. The van der Waals surface area contributed by atoms with Gasteiger partial charge in [0.05, 0.1) is 47.3 Å². The molecule has 6 atom stereocenters. The van der Waals surface area contributed by atoms with Crippen molar-refractivity contribution in [3.63, 3.8) is 0 Å². The molecule has 0 radical (unpaired) electrons. The molecule has 2 N–H and O–H groups in total. The molecule has 0 aliphatic heterocycles. The normalized spacial score (nSPS) is 19.5. The lowest BCUT2D eigenvalue weighted by Gasteiger charge is -2.47. The summed E-state index contributed by atoms with van der Waals surface area (Å²) in [7, 11) is -14.8. The van der Waals surface area contributed by atoms with E-state index in [0.717, 1.165) is 31.9 Å². The van der Waals surface area contributed by atoms with Crippen molar-refractivity contribution < 1.29 is 53.1 Å². The summed E-state index contributed by atoms with van der Waals surface area (Å²) >= 11 is 0. The number of hydrogen-bond donors (Lipinski definition) is 1. The maximum Gasteiger partial charge on any atom is 0.333 e. The van der Waals surface area contributed by atoms with Crippen molar-refractivity contribution in [2.24, 2.45) is 10.8 Å². The lowest BCUT2D eigenvalue weighted by Crippen LogP contribution is -2.69. The highest BCUT2D eigenvalue weighted by Gasteiger charge is 2.55. The van der Waals surface area contributed by atoms with E-state index in [9.17, 15) is 32.0 Å². The molecule has 0 saturated heterocycles. The topological polar surface area (TPSA) is 233 Å². The Morgan fingerprint density at radius 1 is 0.536 bits per heavy atom. The minimum atomic E-state index is -4.31. The minimum absolute atomic E-state index is 0.0106. The number of nitrogens with two attached hydrogens (primary N) is 1. The van der Waals surface area contributed by atoms with E-state index in [0.29, 0.717) is 0 Å². The van der Waals surface area contributed by atoms with Crippen molar-refractivity contribution in [1.82, 2.24) is 0 Å². The van der Waals surface area contributed by atoms with Crippen LogP contribution in [-0.2, 0) is 56.5 Å². The minimum Gasteiger partial charge on any atom is -0.463 e. The van der Waals surface area contributed by atoms with Crippen LogP contribution in [0.5, 0.6) is 0 Å². The number of rotatable bonds is 19. The largest absolute Gasteiger partial charge is 0.463 e. The molecule has 0 saturated carbocycles. The van der Waals surface area contributed by atoms with E-state index in [4.69, 9.17) is 32.4 Å². The Labute approximate surface area is 497 Å². The van der Waals surface area contributed by atoms with Crippen LogP contribution in [0.2, 0.25) is 10.1 Å². The summed E-state index contributed by atoms with van der Waals surface area (Å²) in [6, 6.07) is 50.5. The van der Waals surface area contributed by atoms with E-state index in [2.05, 4.69) is 75.8 Å². The SMILES string of the molecule is CCOC(=O)C1=C[C@H](OS(=O)(=O)c2ccc(C)cc2)[C@H](N)[C@H](O[Si](c2ccccc2)(c2ccccc2)C(C)(C)C)C1.CCOC(=O)C1=C[C@H](OS(=O)(=O)c2ccc(C)cc2)[C@H](N=[N+]=[N-])[C@H](O[Si](c2ccccc2)(c2ccccc2)C(C)(C)C)C1. The van der Waals surface area contributed by atoms with Crippen LogP contribution in [-0.4, -0.2) is 95.1 Å². The molecule has 6 aromatic carbocycles. The van der Waals surface area contributed by atoms with Gasteiger partial charge in [0.25, 0.3) is 36.9 Å². The second-order valence-electron chi connectivity index (χ2n) is 22.8. The number of esters is 2. The molecule has 20 heteroatoms. The van der Waals surface area contributed by atoms with Gasteiger partial charge < -0.3 is 24.1 Å². The summed E-state index contributed by atoms with van der Waals surface area (Å²) in [5, 5.41) is 7.27. The molecular weight excluding hydrogens is 1140 g/mol. The van der Waals surface area contributed by atoms with Gasteiger partial charge in [0.2, 0.25) is 0 Å². The highest BCUT2D eigenvalue weighted by Crippen LogP contribution is 2.42. The van der Waals surface area contributed by atoms with Gasteiger partial charge in [0, 0.05) is 28.9 Å². The maximum atomic E-state index is 13.4. The molecule has 0 bridgehead atoms. The zero-order valence-electron chi connectivity index (χ0n) is 49.2. The van der Waals surface area contributed by atoms with Gasteiger partial charge in [0.15, 0.2) is 0 Å². The number of hydrogen-bond acceptors (Lipinski definition) is 14. The molecule has 84 heavy (non-hydrogen) atoms. The Kier molecular flexibility index (Phi) is 21.2. The molecule has 444 valence electrons. The lowest BCUT2D eigenvalue weighted by molar-refractivity contribution is -0.140. The smallest absolute Gasteiger partial charge is 0.333 e. The van der Waals surface area contributed by atoms with Gasteiger partial charge in [-0.2, -0.15) is 16.8 Å². The first-order valence-corrected chi connectivity index (χ1v) is 34.6. The number of ether oxygens (including phenoxy) is 2. The van der Waals surface area contributed by atoms with E-state index >= 15 is 0 Å². The third-order valence-corrected chi connectivity index (χ3v) is 27.7. The summed E-state index contributed by atoms with van der Waals surface area (Å²) in [6.07, 6.45) is -1.05. The summed E-state index contributed by atoms with van der Waals surface area (Å²) in [4.78, 5) is 29.1. The van der Waals surface area contributed by atoms with Crippen molar-refractivity contribution in [3.8, 4) is 0 Å². The molecule has 2 aliphatic carbocycles. The Bertz CT molecular complexity index is 3460. The second-order valence-corrected chi connectivity index (χ2v) is 34.5. The van der Waals surface area contributed by atoms with Crippen LogP contribution in [0.4, 0.5) is 0 Å². The summed E-state index contributed by atoms with van der Waals surface area (Å²) in [5.74, 6) is -1.16. The fourth-order valence-corrected chi connectivity index (χ4v) is 22.4. The van der Waals surface area contributed by atoms with E-state index in [1.807, 2.05) is 111 Å². The molecule has 0 amide bonds. The maximum absolute atomic E-state index is 13.4. The zero-order chi connectivity index (χ0) is 61.1. The molecular formula is C64H76N4O12S2Si2. The van der Waals surface area contributed by atoms with Crippen LogP contribution in [0.15, 0.2) is 208 Å². The van der Waals surface area contributed by atoms with Crippen LogP contribution in [0.3, 0.4) is 0 Å². The van der Waals surface area contributed by atoms with E-state index in [1.54, 1.807) is 38.1 Å². The first-order chi connectivity index (χ1) is 39.8. The first kappa shape index (κ1) is 64.7. The fraction of sp³-hybridized carbons (Fsp3) is 0.344. The van der Waals surface area contributed by atoms with Gasteiger partial charge in [-0.3, -0.25) is 8.37 Å². The number of azide groups is 1. The van der Waals surface area contributed by atoms with E-state index in [-0.39, 0.29) is 52.0 Å². The van der Waals surface area contributed by atoms with E-state index < -0.39 is 90.3 Å². The number of nitrogens with zero attached hydrogens (tertiary/aromatic N) is 3. The first-order valence-electron chi connectivity index (χ1n) is 27.9. The molecule has 8 rings (SSSR count). The summed E-state index contributed by atoms with van der Waals surface area (Å²) in [6.45, 7) is 20.2. The Morgan fingerprint density at radius 3 is 1.19 bits per heavy atom. The van der Waals surface area contributed by atoms with Crippen molar-refractivity contribution in [2.45, 2.75) is 138 Å². The Hall–Kier alpha value is -6.82. The van der Waals surface area contributed by atoms with Crippen LogP contribution >= 0.6 is 0 Å². The molecule has 6 aromatic rings. The van der Waals surface area contributed by atoms with Crippen LogP contribution in [0.25, 0.3) is 10.4 Å². The highest BCUT2D eigenvalue weighted by atomic mass is 32.2. The van der Waals surface area contributed by atoms with Crippen LogP contribution in [0, 0.1) is 13.8 Å². The molecule has 16 nitrogen and oxygen atoms in total. The molecule has 0 heterocycles. The average Bonchev–Trinajstić information content (AvgIpc) is 1.46. The van der Waals surface area contributed by atoms with Crippen LogP contribution < -0.4 is 26.5 Å². The van der Waals surface area contributed by atoms with Crippen LogP contribution in [0.1, 0.15) is 79.4 Å². The predicted molar refractivity (Wildman–Crippen MR) is 331 cm³/mol. The van der Waals surface area contributed by atoms with E-state index in [1.165, 1.54) is 36.4 Å². The standard InChI is InChI=1S/C32H37N3O6SSi.C32H39NO6SSi/c1-6-39-31(36)24-21-28(40-42(37,38)25-19-17-23(2)18-20-25)30(34-35-33)29(22-24)41-43(32(3,4)5,26-13-9-7-10-14-26)27-15-11-8-12-16-27;1-6-37-31(34)24-21-28(38-40(35,36)25-19-17-23(2)18-20-25)30(33)29(22-24)39-41(32(3,4)5,26-13-9-7-10-14-26)27-15-11-8-12-16-27/h7-21,28-30H,6,22H2,1-5H3;7-21,28-30H,6,22,33H2,1-5H3/t2*28-,29+,30-/m00/s1. The molecule has 0 spiro atoms. The molecule has 0 unspecified atom stereocenters. The van der Waals surface area contributed by atoms with Crippen molar-refractivity contribution in [1.29, 1.82) is 0 Å². The van der Waals surface area contributed by atoms with Gasteiger partial charge in [-0.25, -0.2) is 9.59 Å². The third-order valence-electron chi connectivity index (χ3n) is 14.9. The highest BCUT2D eigenvalue weighted by molar-refractivity contribution is 7.87. The van der Waals surface area contributed by atoms with Gasteiger partial charge in [0.1, 0.15) is 12.2 Å². The van der Waals surface area contributed by atoms with Crippen molar-refractivity contribution >= 4 is 69.6 Å². The summed E-state index contributed by atoms with van der Waals surface area (Å²) in [5.41, 5.74) is 18.7. The summed E-state index contributed by atoms with van der Waals surface area (Å²) < 4.78 is 90.0. The molecule has 0 aromatic heterocycles. The molecule has 0 fully saturated rings. The van der Waals surface area contributed by atoms with Gasteiger partial charge >= 0.3 is 11.9 Å². The van der Waals surface area contributed by atoms with Crippen molar-refractivity contribution in [2.75, 3.05) is 13.2 Å². The fourth-order valence-electron chi connectivity index (χ4n) is 10.9. The second kappa shape index (κ2) is 27.5. The quantitative estimate of drug-likeness (QED) is 0.0199. The van der Waals surface area contributed by atoms with Gasteiger partial charge in [-0.05, 0) is 100 Å². The Morgan fingerprint density at radius 2 is 0.857 bits per heavy atom. The molecule has 2 aliphatic rings. The number of benzene rings is 6. The van der Waals surface area contributed by atoms with Crippen molar-refractivity contribution in [3.05, 3.63) is 215 Å². The third kappa shape index (κ3) is 14.6. The monoisotopic (exact) mass is 1210 g/mol. The van der Waals surface area contributed by atoms with Gasteiger partial charge in [-0.1, -0.05) is 203 Å². The number of aryl methyl sites for hydroxylation is 2. The predicted octanol–water partition coefficient (Wildman–Crippen LogP) is 9.82. The number of carbonyl (C=O) groups is 2. The van der Waals surface area contributed by atoms with Gasteiger partial charge in [-0.15, -0.1) is 0 Å².